The van der Waals surface area contributed by atoms with E-state index in [2.05, 4.69) is 11.4 Å². The van der Waals surface area contributed by atoms with Gasteiger partial charge in [0.1, 0.15) is 12.4 Å². The van der Waals surface area contributed by atoms with Gasteiger partial charge in [-0.1, -0.05) is 17.7 Å². The van der Waals surface area contributed by atoms with Crippen LogP contribution >= 0.6 is 0 Å². The van der Waals surface area contributed by atoms with Crippen molar-refractivity contribution in [3.63, 3.8) is 0 Å². The van der Waals surface area contributed by atoms with Crippen LogP contribution in [0.1, 0.15) is 17.2 Å². The number of benzene rings is 1. The van der Waals surface area contributed by atoms with Crippen molar-refractivity contribution < 1.29 is 14.3 Å². The summed E-state index contributed by atoms with van der Waals surface area (Å²) in [4.78, 5) is 13.2. The molecule has 1 aromatic rings. The van der Waals surface area contributed by atoms with E-state index < -0.39 is 0 Å². The molecule has 1 atom stereocenters. The molecule has 0 saturated carbocycles. The molecule has 2 rings (SSSR count). The van der Waals surface area contributed by atoms with E-state index in [1.54, 1.807) is 12.0 Å². The molecule has 5 heteroatoms. The maximum Gasteiger partial charge on any atom is 0.410 e. The molecular formula is C14H20N2O3. The fourth-order valence-electron chi connectivity index (χ4n) is 2.28. The van der Waals surface area contributed by atoms with Crippen LogP contribution in [-0.2, 0) is 4.74 Å². The van der Waals surface area contributed by atoms with E-state index in [1.807, 2.05) is 26.1 Å². The topological polar surface area (TPSA) is 50.8 Å². The lowest BCUT2D eigenvalue weighted by Gasteiger charge is -2.24. The first-order chi connectivity index (χ1) is 9.15. The Morgan fingerprint density at radius 3 is 2.89 bits per heavy atom. The molecule has 0 aliphatic carbocycles. The molecular weight excluding hydrogens is 244 g/mol. The van der Waals surface area contributed by atoms with Gasteiger partial charge in [0, 0.05) is 12.1 Å². The fraction of sp³-hybridized carbons (Fsp3) is 0.500. The molecule has 0 bridgehead atoms. The van der Waals surface area contributed by atoms with Crippen molar-refractivity contribution in [3.05, 3.63) is 29.3 Å². The maximum absolute atomic E-state index is 11.5. The number of cyclic esters (lactones) is 1. The SMILES string of the molecule is CNC(CN1CCOC1=O)c1cc(C)ccc1OC. The van der Waals surface area contributed by atoms with Gasteiger partial charge in [-0.15, -0.1) is 0 Å². The number of nitrogens with one attached hydrogen (secondary N) is 1. The van der Waals surface area contributed by atoms with Gasteiger partial charge < -0.3 is 19.7 Å². The number of hydrogen-bond acceptors (Lipinski definition) is 4. The summed E-state index contributed by atoms with van der Waals surface area (Å²) in [6.07, 6.45) is -0.244. The predicted octanol–water partition coefficient (Wildman–Crippen LogP) is 1.72. The first-order valence-electron chi connectivity index (χ1n) is 6.39. The minimum atomic E-state index is -0.244. The quantitative estimate of drug-likeness (QED) is 0.879. The largest absolute Gasteiger partial charge is 0.496 e. The third kappa shape index (κ3) is 2.98. The van der Waals surface area contributed by atoms with Gasteiger partial charge in [-0.2, -0.15) is 0 Å². The Kier molecular flexibility index (Phi) is 4.27. The Balaban J connectivity index is 2.21. The normalized spacial score (nSPS) is 16.4. The van der Waals surface area contributed by atoms with E-state index in [1.165, 1.54) is 5.56 Å². The van der Waals surface area contributed by atoms with Crippen LogP contribution < -0.4 is 10.1 Å². The van der Waals surface area contributed by atoms with Crippen LogP contribution in [0.4, 0.5) is 4.79 Å². The van der Waals surface area contributed by atoms with Crippen molar-refractivity contribution in [2.75, 3.05) is 33.9 Å². The lowest BCUT2D eigenvalue weighted by Crippen LogP contribution is -2.34. The van der Waals surface area contributed by atoms with Crippen molar-refractivity contribution in [2.45, 2.75) is 13.0 Å². The number of rotatable bonds is 5. The van der Waals surface area contributed by atoms with E-state index in [9.17, 15) is 4.79 Å². The maximum atomic E-state index is 11.5. The second-order valence-corrected chi connectivity index (χ2v) is 4.65. The number of nitrogens with zero attached hydrogens (tertiary/aromatic N) is 1. The molecule has 1 aliphatic heterocycles. The van der Waals surface area contributed by atoms with Crippen LogP contribution in [-0.4, -0.2) is 44.8 Å². The number of carbonyl (C=O) groups is 1. The van der Waals surface area contributed by atoms with Gasteiger partial charge in [0.15, 0.2) is 0 Å². The molecule has 1 aliphatic rings. The predicted molar refractivity (Wildman–Crippen MR) is 72.5 cm³/mol. The standard InChI is InChI=1S/C14H20N2O3/c1-10-4-5-13(18-3)11(8-10)12(15-2)9-16-6-7-19-14(16)17/h4-5,8,12,15H,6-7,9H2,1-3H3. The van der Waals surface area contributed by atoms with Crippen molar-refractivity contribution in [3.8, 4) is 5.75 Å². The van der Waals surface area contributed by atoms with Crippen molar-refractivity contribution in [2.24, 2.45) is 0 Å². The van der Waals surface area contributed by atoms with E-state index in [-0.39, 0.29) is 12.1 Å². The van der Waals surface area contributed by atoms with E-state index in [0.29, 0.717) is 19.7 Å². The van der Waals surface area contributed by atoms with Crippen LogP contribution in [0, 0.1) is 6.92 Å². The third-order valence-electron chi connectivity index (χ3n) is 3.36. The van der Waals surface area contributed by atoms with Crippen LogP contribution in [0.5, 0.6) is 5.75 Å². The van der Waals surface area contributed by atoms with Crippen LogP contribution in [0.25, 0.3) is 0 Å². The Labute approximate surface area is 113 Å². The Bertz CT molecular complexity index is 462. The lowest BCUT2D eigenvalue weighted by atomic mass is 10.0. The Morgan fingerprint density at radius 2 is 2.32 bits per heavy atom. The summed E-state index contributed by atoms with van der Waals surface area (Å²) >= 11 is 0. The molecule has 19 heavy (non-hydrogen) atoms. The van der Waals surface area contributed by atoms with E-state index >= 15 is 0 Å². The molecule has 1 saturated heterocycles. The van der Waals surface area contributed by atoms with E-state index in [0.717, 1.165) is 11.3 Å². The highest BCUT2D eigenvalue weighted by Gasteiger charge is 2.26. The summed E-state index contributed by atoms with van der Waals surface area (Å²) in [5.41, 5.74) is 2.23. The van der Waals surface area contributed by atoms with E-state index in [4.69, 9.17) is 9.47 Å². The molecule has 1 N–H and O–H groups in total. The monoisotopic (exact) mass is 264 g/mol. The summed E-state index contributed by atoms with van der Waals surface area (Å²) in [5, 5.41) is 3.24. The van der Waals surface area contributed by atoms with Crippen LogP contribution in [0.2, 0.25) is 0 Å². The van der Waals surface area contributed by atoms with Gasteiger partial charge in [0.2, 0.25) is 0 Å². The van der Waals surface area contributed by atoms with Crippen molar-refractivity contribution >= 4 is 6.09 Å². The molecule has 1 heterocycles. The second-order valence-electron chi connectivity index (χ2n) is 4.65. The Morgan fingerprint density at radius 1 is 1.53 bits per heavy atom. The average molecular weight is 264 g/mol. The van der Waals surface area contributed by atoms with Crippen LogP contribution in [0.15, 0.2) is 18.2 Å². The van der Waals surface area contributed by atoms with Gasteiger partial charge in [-0.3, -0.25) is 0 Å². The zero-order chi connectivity index (χ0) is 13.8. The molecule has 0 spiro atoms. The van der Waals surface area contributed by atoms with Crippen LogP contribution in [0.3, 0.4) is 0 Å². The van der Waals surface area contributed by atoms with Gasteiger partial charge >= 0.3 is 6.09 Å². The molecule has 1 aromatic carbocycles. The summed E-state index contributed by atoms with van der Waals surface area (Å²) in [5.74, 6) is 0.831. The number of ether oxygens (including phenoxy) is 2. The summed E-state index contributed by atoms with van der Waals surface area (Å²) in [7, 11) is 3.54. The summed E-state index contributed by atoms with van der Waals surface area (Å²) < 4.78 is 10.4. The van der Waals surface area contributed by atoms with Gasteiger partial charge in [0.25, 0.3) is 0 Å². The third-order valence-corrected chi connectivity index (χ3v) is 3.36. The summed E-state index contributed by atoms with van der Waals surface area (Å²) in [6.45, 7) is 3.74. The minimum absolute atomic E-state index is 0.0282. The molecule has 0 radical (unpaired) electrons. The highest BCUT2D eigenvalue weighted by Crippen LogP contribution is 2.27. The van der Waals surface area contributed by atoms with Crippen molar-refractivity contribution in [1.29, 1.82) is 0 Å². The Hall–Kier alpha value is -1.75. The molecule has 1 fully saturated rings. The number of aryl methyl sites for hydroxylation is 1. The molecule has 104 valence electrons. The first-order valence-corrected chi connectivity index (χ1v) is 6.39. The first kappa shape index (κ1) is 13.7. The highest BCUT2D eigenvalue weighted by atomic mass is 16.6. The molecule has 1 unspecified atom stereocenters. The number of likely N-dealkylation sites (N-methyl/N-ethyl adjacent to an activating group) is 1. The zero-order valence-corrected chi connectivity index (χ0v) is 11.6. The molecule has 0 aromatic heterocycles. The lowest BCUT2D eigenvalue weighted by molar-refractivity contribution is 0.156. The van der Waals surface area contributed by atoms with Crippen molar-refractivity contribution in [1.82, 2.24) is 10.2 Å². The number of methoxy groups -OCH3 is 1. The smallest absolute Gasteiger partial charge is 0.410 e. The number of amides is 1. The average Bonchev–Trinajstić information content (AvgIpc) is 2.81. The van der Waals surface area contributed by atoms with Gasteiger partial charge in [0.05, 0.1) is 19.7 Å². The molecule has 1 amide bonds. The highest BCUT2D eigenvalue weighted by molar-refractivity contribution is 5.69. The van der Waals surface area contributed by atoms with Gasteiger partial charge in [-0.05, 0) is 20.0 Å². The fourth-order valence-corrected chi connectivity index (χ4v) is 2.28. The summed E-state index contributed by atoms with van der Waals surface area (Å²) in [6, 6.07) is 6.08. The second kappa shape index (κ2) is 5.93. The number of carbonyl (C=O) groups excluding carboxylic acids is 1. The number of hydrogen-bond donors (Lipinski definition) is 1. The zero-order valence-electron chi connectivity index (χ0n) is 11.6. The molecule has 5 nitrogen and oxygen atoms in total. The minimum Gasteiger partial charge on any atom is -0.496 e. The van der Waals surface area contributed by atoms with Gasteiger partial charge in [-0.25, -0.2) is 4.79 Å².